The van der Waals surface area contributed by atoms with Crippen LogP contribution in [-0.4, -0.2) is 72.7 Å². The van der Waals surface area contributed by atoms with Crippen LogP contribution >= 0.6 is 11.3 Å². The molecule has 0 aromatic carbocycles. The molecule has 0 radical (unpaired) electrons. The molecule has 9 nitrogen and oxygen atoms in total. The van der Waals surface area contributed by atoms with Gasteiger partial charge in [0.15, 0.2) is 0 Å². The third kappa shape index (κ3) is 3.51. The van der Waals surface area contributed by atoms with E-state index in [1.165, 1.54) is 28.6 Å². The molecule has 0 unspecified atom stereocenters. The fourth-order valence-corrected chi connectivity index (χ4v) is 3.84. The van der Waals surface area contributed by atoms with Gasteiger partial charge in [0.2, 0.25) is 5.91 Å². The van der Waals surface area contributed by atoms with Crippen molar-refractivity contribution < 1.29 is 4.79 Å². The molecule has 1 fully saturated rings. The minimum absolute atomic E-state index is 0.0403. The smallest absolute Gasteiger partial charge is 0.271 e. The molecule has 1 aliphatic heterocycles. The van der Waals surface area contributed by atoms with Crippen LogP contribution in [0, 0.1) is 0 Å². The molecule has 0 aliphatic carbocycles. The van der Waals surface area contributed by atoms with E-state index in [1.54, 1.807) is 11.0 Å². The summed E-state index contributed by atoms with van der Waals surface area (Å²) in [4.78, 5) is 37.2. The Bertz CT molecular complexity index is 941. The van der Waals surface area contributed by atoms with E-state index in [0.717, 1.165) is 26.2 Å². The molecular weight excluding hydrogens is 354 g/mol. The number of amides is 1. The maximum atomic E-state index is 12.5. The average Bonchev–Trinajstić information content (AvgIpc) is 3.34. The summed E-state index contributed by atoms with van der Waals surface area (Å²) in [5, 5.41) is 5.93. The Morgan fingerprint density at radius 3 is 2.77 bits per heavy atom. The minimum atomic E-state index is -0.148. The second kappa shape index (κ2) is 7.34. The molecule has 10 heteroatoms. The predicted molar refractivity (Wildman–Crippen MR) is 96.9 cm³/mol. The number of piperazine rings is 1. The van der Waals surface area contributed by atoms with E-state index < -0.39 is 0 Å². The average molecular weight is 373 g/mol. The van der Waals surface area contributed by atoms with Crippen molar-refractivity contribution in [2.45, 2.75) is 13.1 Å². The van der Waals surface area contributed by atoms with Gasteiger partial charge in [-0.05, 0) is 11.4 Å². The zero-order valence-electron chi connectivity index (χ0n) is 14.2. The van der Waals surface area contributed by atoms with E-state index in [0.29, 0.717) is 23.3 Å². The van der Waals surface area contributed by atoms with Gasteiger partial charge in [-0.3, -0.25) is 23.7 Å². The lowest BCUT2D eigenvalue weighted by Gasteiger charge is -2.34. The maximum absolute atomic E-state index is 12.5. The van der Waals surface area contributed by atoms with Gasteiger partial charge in [0.05, 0.1) is 18.4 Å². The highest BCUT2D eigenvalue weighted by Crippen LogP contribution is 2.13. The Morgan fingerprint density at radius 1 is 1.15 bits per heavy atom. The zero-order valence-corrected chi connectivity index (χ0v) is 15.0. The molecular formula is C16H19N7O2S. The van der Waals surface area contributed by atoms with Crippen LogP contribution in [-0.2, 0) is 17.9 Å². The first kappa shape index (κ1) is 16.9. The number of nitrogens with zero attached hydrogens (tertiary/aromatic N) is 7. The lowest BCUT2D eigenvalue weighted by atomic mass is 10.3. The Hall–Kier alpha value is -2.59. The van der Waals surface area contributed by atoms with E-state index in [1.807, 2.05) is 16.3 Å². The zero-order chi connectivity index (χ0) is 17.9. The van der Waals surface area contributed by atoms with Crippen LogP contribution in [0.25, 0.3) is 10.2 Å². The number of hydrogen-bond donors (Lipinski definition) is 0. The van der Waals surface area contributed by atoms with Crippen molar-refractivity contribution in [2.75, 3.05) is 32.7 Å². The number of thiophene rings is 1. The van der Waals surface area contributed by atoms with Crippen LogP contribution < -0.4 is 5.56 Å². The molecule has 136 valence electrons. The van der Waals surface area contributed by atoms with Gasteiger partial charge in [-0.15, -0.1) is 11.3 Å². The van der Waals surface area contributed by atoms with E-state index >= 15 is 0 Å². The van der Waals surface area contributed by atoms with Gasteiger partial charge < -0.3 is 4.90 Å². The molecule has 3 aromatic rings. The molecule has 4 heterocycles. The van der Waals surface area contributed by atoms with Gasteiger partial charge in [-0.2, -0.15) is 5.10 Å². The van der Waals surface area contributed by atoms with Crippen molar-refractivity contribution in [3.05, 3.63) is 40.8 Å². The lowest BCUT2D eigenvalue weighted by Crippen LogP contribution is -2.50. The molecule has 26 heavy (non-hydrogen) atoms. The first-order chi connectivity index (χ1) is 12.7. The van der Waals surface area contributed by atoms with E-state index in [2.05, 4.69) is 20.0 Å². The molecule has 3 aromatic heterocycles. The van der Waals surface area contributed by atoms with Crippen molar-refractivity contribution in [1.29, 1.82) is 0 Å². The summed E-state index contributed by atoms with van der Waals surface area (Å²) in [5.41, 5.74) is 0.537. The summed E-state index contributed by atoms with van der Waals surface area (Å²) in [7, 11) is 0. The number of fused-ring (bicyclic) bond motifs is 1. The van der Waals surface area contributed by atoms with Gasteiger partial charge in [0, 0.05) is 32.7 Å². The predicted octanol–water partition coefficient (Wildman–Crippen LogP) is -0.106. The van der Waals surface area contributed by atoms with Crippen LogP contribution in [0.5, 0.6) is 0 Å². The number of rotatable bonds is 5. The third-order valence-electron chi connectivity index (χ3n) is 4.58. The fraction of sp³-hybridized carbons (Fsp3) is 0.438. The summed E-state index contributed by atoms with van der Waals surface area (Å²) in [6, 6.07) is 1.81. The van der Waals surface area contributed by atoms with Crippen molar-refractivity contribution >= 4 is 27.5 Å². The molecule has 4 rings (SSSR count). The van der Waals surface area contributed by atoms with Crippen LogP contribution in [0.3, 0.4) is 0 Å². The number of carbonyl (C=O) groups is 1. The summed E-state index contributed by atoms with van der Waals surface area (Å²) in [6.07, 6.45) is 4.70. The molecule has 0 bridgehead atoms. The van der Waals surface area contributed by atoms with E-state index in [-0.39, 0.29) is 18.0 Å². The second-order valence-electron chi connectivity index (χ2n) is 6.19. The Balaban J connectivity index is 1.31. The normalized spacial score (nSPS) is 15.6. The molecule has 0 N–H and O–H groups in total. The molecule has 1 saturated heterocycles. The monoisotopic (exact) mass is 373 g/mol. The van der Waals surface area contributed by atoms with Crippen molar-refractivity contribution in [1.82, 2.24) is 34.1 Å². The highest BCUT2D eigenvalue weighted by molar-refractivity contribution is 7.17. The van der Waals surface area contributed by atoms with E-state index in [9.17, 15) is 9.59 Å². The van der Waals surface area contributed by atoms with Crippen molar-refractivity contribution in [3.63, 3.8) is 0 Å². The maximum Gasteiger partial charge on any atom is 0.271 e. The third-order valence-corrected chi connectivity index (χ3v) is 5.47. The van der Waals surface area contributed by atoms with Crippen LogP contribution in [0.15, 0.2) is 35.2 Å². The van der Waals surface area contributed by atoms with Crippen LogP contribution in [0.2, 0.25) is 0 Å². The van der Waals surface area contributed by atoms with Crippen LogP contribution in [0.1, 0.15) is 0 Å². The topological polar surface area (TPSA) is 89.2 Å². The quantitative estimate of drug-likeness (QED) is 0.620. The second-order valence-corrected chi connectivity index (χ2v) is 7.11. The van der Waals surface area contributed by atoms with Gasteiger partial charge >= 0.3 is 0 Å². The van der Waals surface area contributed by atoms with Crippen LogP contribution in [0.4, 0.5) is 0 Å². The molecule has 1 amide bonds. The van der Waals surface area contributed by atoms with Crippen molar-refractivity contribution in [2.24, 2.45) is 0 Å². The SMILES string of the molecule is O=C(Cn1cnc2ccsc2c1=O)N1CCN(CCn2cncn2)CC1. The Labute approximate surface area is 153 Å². The summed E-state index contributed by atoms with van der Waals surface area (Å²) >= 11 is 1.36. The molecule has 0 saturated carbocycles. The highest BCUT2D eigenvalue weighted by Gasteiger charge is 2.21. The molecule has 1 aliphatic rings. The number of aromatic nitrogens is 5. The van der Waals surface area contributed by atoms with E-state index in [4.69, 9.17) is 0 Å². The number of hydrogen-bond acceptors (Lipinski definition) is 7. The van der Waals surface area contributed by atoms with Gasteiger partial charge in [-0.1, -0.05) is 0 Å². The Morgan fingerprint density at radius 2 is 2.00 bits per heavy atom. The minimum Gasteiger partial charge on any atom is -0.339 e. The summed E-state index contributed by atoms with van der Waals surface area (Å²) in [5.74, 6) is -0.0410. The molecule has 0 atom stereocenters. The first-order valence-electron chi connectivity index (χ1n) is 8.46. The summed E-state index contributed by atoms with van der Waals surface area (Å²) < 4.78 is 3.80. The molecule has 0 spiro atoms. The largest absolute Gasteiger partial charge is 0.339 e. The lowest BCUT2D eigenvalue weighted by molar-refractivity contribution is -0.133. The first-order valence-corrected chi connectivity index (χ1v) is 9.34. The fourth-order valence-electron chi connectivity index (χ4n) is 3.05. The summed E-state index contributed by atoms with van der Waals surface area (Å²) in [6.45, 7) is 4.67. The van der Waals surface area contributed by atoms with Gasteiger partial charge in [0.25, 0.3) is 5.56 Å². The number of carbonyl (C=O) groups excluding carboxylic acids is 1. The van der Waals surface area contributed by atoms with Gasteiger partial charge in [-0.25, -0.2) is 9.97 Å². The highest BCUT2D eigenvalue weighted by atomic mass is 32.1. The van der Waals surface area contributed by atoms with Gasteiger partial charge in [0.1, 0.15) is 23.9 Å². The standard InChI is InChI=1S/C16H19N7O2S/c24-14(9-22-12-18-13-1-8-26-15(13)16(22)25)21-5-2-20(3-6-21)4-7-23-11-17-10-19-23/h1,8,10-12H,2-7,9H2. The Kier molecular flexibility index (Phi) is 4.76. The van der Waals surface area contributed by atoms with Crippen molar-refractivity contribution in [3.8, 4) is 0 Å².